The molecule has 1 heterocycles. The molecule has 1 unspecified atom stereocenters. The van der Waals surface area contributed by atoms with Gasteiger partial charge in [-0.3, -0.25) is 4.68 Å². The van der Waals surface area contributed by atoms with Gasteiger partial charge in [0.2, 0.25) is 0 Å². The van der Waals surface area contributed by atoms with E-state index in [1.807, 2.05) is 6.92 Å². The predicted molar refractivity (Wildman–Crippen MR) is 73.9 cm³/mol. The molecule has 1 aromatic heterocycles. The second-order valence-electron chi connectivity index (χ2n) is 4.56. The van der Waals surface area contributed by atoms with E-state index < -0.39 is 15.9 Å². The van der Waals surface area contributed by atoms with Crippen molar-refractivity contribution >= 4 is 9.84 Å². The van der Waals surface area contributed by atoms with Crippen LogP contribution < -0.4 is 0 Å². The van der Waals surface area contributed by atoms with E-state index in [4.69, 9.17) is 0 Å². The van der Waals surface area contributed by atoms with Crippen molar-refractivity contribution in [2.24, 2.45) is 0 Å². The van der Waals surface area contributed by atoms with Gasteiger partial charge in [0.15, 0.2) is 9.84 Å². The SMILES string of the molecule is CCn1ncnc1CC(O)c1cccc(S(C)(=O)=O)c1. The molecule has 0 aliphatic carbocycles. The second kappa shape index (κ2) is 5.72. The molecule has 0 saturated carbocycles. The molecule has 2 rings (SSSR count). The summed E-state index contributed by atoms with van der Waals surface area (Å²) in [6, 6.07) is 6.33. The van der Waals surface area contributed by atoms with Gasteiger partial charge in [0.25, 0.3) is 0 Å². The molecular formula is C13H17N3O3S. The van der Waals surface area contributed by atoms with Crippen molar-refractivity contribution in [1.82, 2.24) is 14.8 Å². The molecule has 6 nitrogen and oxygen atoms in total. The van der Waals surface area contributed by atoms with Gasteiger partial charge in [0, 0.05) is 19.2 Å². The molecule has 0 aliphatic heterocycles. The van der Waals surface area contributed by atoms with Crippen LogP contribution >= 0.6 is 0 Å². The minimum atomic E-state index is -3.28. The normalized spacial score (nSPS) is 13.3. The van der Waals surface area contributed by atoms with Crippen molar-refractivity contribution in [3.05, 3.63) is 42.0 Å². The zero-order valence-electron chi connectivity index (χ0n) is 11.4. The fraction of sp³-hybridized carbons (Fsp3) is 0.385. The van der Waals surface area contributed by atoms with Crippen molar-refractivity contribution in [1.29, 1.82) is 0 Å². The van der Waals surface area contributed by atoms with Crippen LogP contribution in [0.5, 0.6) is 0 Å². The van der Waals surface area contributed by atoms with Crippen LogP contribution in [-0.2, 0) is 22.8 Å². The number of hydrogen-bond donors (Lipinski definition) is 1. The number of aromatic nitrogens is 3. The number of rotatable bonds is 5. The van der Waals surface area contributed by atoms with E-state index in [0.717, 1.165) is 6.26 Å². The summed E-state index contributed by atoms with van der Waals surface area (Å²) >= 11 is 0. The largest absolute Gasteiger partial charge is 0.388 e. The van der Waals surface area contributed by atoms with Crippen molar-refractivity contribution in [2.75, 3.05) is 6.26 Å². The van der Waals surface area contributed by atoms with Gasteiger partial charge in [0.1, 0.15) is 12.2 Å². The van der Waals surface area contributed by atoms with Crippen LogP contribution in [0.15, 0.2) is 35.5 Å². The van der Waals surface area contributed by atoms with E-state index in [9.17, 15) is 13.5 Å². The van der Waals surface area contributed by atoms with Gasteiger partial charge in [-0.1, -0.05) is 12.1 Å². The first-order valence-corrected chi connectivity index (χ1v) is 8.15. The third-order valence-corrected chi connectivity index (χ3v) is 4.15. The highest BCUT2D eigenvalue weighted by atomic mass is 32.2. The third kappa shape index (κ3) is 3.23. The molecule has 108 valence electrons. The Morgan fingerprint density at radius 1 is 1.40 bits per heavy atom. The summed E-state index contributed by atoms with van der Waals surface area (Å²) in [6.45, 7) is 2.61. The van der Waals surface area contributed by atoms with E-state index >= 15 is 0 Å². The molecule has 1 aromatic carbocycles. The molecule has 0 spiro atoms. The zero-order valence-corrected chi connectivity index (χ0v) is 12.2. The van der Waals surface area contributed by atoms with Crippen LogP contribution in [0.1, 0.15) is 24.4 Å². The van der Waals surface area contributed by atoms with Gasteiger partial charge >= 0.3 is 0 Å². The fourth-order valence-corrected chi connectivity index (χ4v) is 2.63. The summed E-state index contributed by atoms with van der Waals surface area (Å²) in [5, 5.41) is 14.3. The minimum absolute atomic E-state index is 0.200. The molecule has 7 heteroatoms. The maximum atomic E-state index is 11.5. The molecule has 0 aliphatic rings. The Morgan fingerprint density at radius 2 is 2.15 bits per heavy atom. The van der Waals surface area contributed by atoms with E-state index in [2.05, 4.69) is 10.1 Å². The molecule has 0 radical (unpaired) electrons. The van der Waals surface area contributed by atoms with Crippen molar-refractivity contribution in [3.8, 4) is 0 Å². The third-order valence-electron chi connectivity index (χ3n) is 3.04. The van der Waals surface area contributed by atoms with Crippen LogP contribution in [0.25, 0.3) is 0 Å². The standard InChI is InChI=1S/C13H17N3O3S/c1-3-16-13(14-9-15-16)8-12(17)10-5-4-6-11(7-10)20(2,18)19/h4-7,9,12,17H,3,8H2,1-2H3. The summed E-state index contributed by atoms with van der Waals surface area (Å²) in [7, 11) is -3.28. The first kappa shape index (κ1) is 14.7. The van der Waals surface area contributed by atoms with Gasteiger partial charge in [-0.05, 0) is 24.6 Å². The molecule has 0 amide bonds. The van der Waals surface area contributed by atoms with Crippen LogP contribution in [0, 0.1) is 0 Å². The number of benzene rings is 1. The Balaban J connectivity index is 2.24. The number of aliphatic hydroxyl groups is 1. The van der Waals surface area contributed by atoms with Gasteiger partial charge < -0.3 is 5.11 Å². The minimum Gasteiger partial charge on any atom is -0.388 e. The lowest BCUT2D eigenvalue weighted by Gasteiger charge is -2.12. The average Bonchev–Trinajstić information content (AvgIpc) is 2.85. The van der Waals surface area contributed by atoms with Gasteiger partial charge in [-0.15, -0.1) is 0 Å². The quantitative estimate of drug-likeness (QED) is 0.888. The van der Waals surface area contributed by atoms with Crippen molar-refractivity contribution in [3.63, 3.8) is 0 Å². The van der Waals surface area contributed by atoms with E-state index in [1.54, 1.807) is 16.8 Å². The first-order valence-electron chi connectivity index (χ1n) is 6.26. The van der Waals surface area contributed by atoms with Gasteiger partial charge in [-0.2, -0.15) is 5.10 Å². The summed E-state index contributed by atoms with van der Waals surface area (Å²) < 4.78 is 24.7. The summed E-state index contributed by atoms with van der Waals surface area (Å²) in [5.74, 6) is 0.671. The number of aryl methyl sites for hydroxylation is 1. The molecule has 0 bridgehead atoms. The van der Waals surface area contributed by atoms with Crippen LogP contribution in [-0.4, -0.2) is 34.5 Å². The lowest BCUT2D eigenvalue weighted by molar-refractivity contribution is 0.174. The summed E-state index contributed by atoms with van der Waals surface area (Å²) in [4.78, 5) is 4.30. The number of hydrogen-bond acceptors (Lipinski definition) is 5. The molecule has 2 aromatic rings. The van der Waals surface area contributed by atoms with E-state index in [0.29, 0.717) is 24.4 Å². The lowest BCUT2D eigenvalue weighted by atomic mass is 10.1. The van der Waals surface area contributed by atoms with E-state index in [1.165, 1.54) is 18.5 Å². The van der Waals surface area contributed by atoms with Crippen LogP contribution in [0.2, 0.25) is 0 Å². The maximum Gasteiger partial charge on any atom is 0.175 e. The zero-order chi connectivity index (χ0) is 14.8. The van der Waals surface area contributed by atoms with Crippen LogP contribution in [0.4, 0.5) is 0 Å². The summed E-state index contributed by atoms with van der Waals surface area (Å²) in [6.07, 6.45) is 2.07. The molecular weight excluding hydrogens is 278 g/mol. The Morgan fingerprint density at radius 3 is 2.80 bits per heavy atom. The Bertz CT molecular complexity index is 694. The summed E-state index contributed by atoms with van der Waals surface area (Å²) in [5.41, 5.74) is 0.554. The number of nitrogens with zero attached hydrogens (tertiary/aromatic N) is 3. The Hall–Kier alpha value is -1.73. The van der Waals surface area contributed by atoms with Crippen molar-refractivity contribution < 1.29 is 13.5 Å². The predicted octanol–water partition coefficient (Wildman–Crippen LogP) is 0.978. The molecule has 1 atom stereocenters. The Kier molecular flexibility index (Phi) is 4.20. The van der Waals surface area contributed by atoms with Crippen LogP contribution in [0.3, 0.4) is 0 Å². The second-order valence-corrected chi connectivity index (χ2v) is 6.57. The highest BCUT2D eigenvalue weighted by Crippen LogP contribution is 2.20. The van der Waals surface area contributed by atoms with Crippen molar-refractivity contribution in [2.45, 2.75) is 30.9 Å². The lowest BCUT2D eigenvalue weighted by Crippen LogP contribution is -2.10. The topological polar surface area (TPSA) is 85.1 Å². The van der Waals surface area contributed by atoms with Gasteiger partial charge in [0.05, 0.1) is 11.0 Å². The monoisotopic (exact) mass is 295 g/mol. The number of aliphatic hydroxyl groups excluding tert-OH is 1. The smallest absolute Gasteiger partial charge is 0.175 e. The molecule has 20 heavy (non-hydrogen) atoms. The average molecular weight is 295 g/mol. The van der Waals surface area contributed by atoms with E-state index in [-0.39, 0.29) is 4.90 Å². The molecule has 0 saturated heterocycles. The van der Waals surface area contributed by atoms with Gasteiger partial charge in [-0.25, -0.2) is 13.4 Å². The molecule has 1 N–H and O–H groups in total. The highest BCUT2D eigenvalue weighted by molar-refractivity contribution is 7.90. The highest BCUT2D eigenvalue weighted by Gasteiger charge is 2.15. The fourth-order valence-electron chi connectivity index (χ4n) is 1.95. The maximum absolute atomic E-state index is 11.5. The first-order chi connectivity index (χ1) is 9.41. The number of sulfone groups is 1. The Labute approximate surface area is 118 Å². The molecule has 0 fully saturated rings.